The molecule has 4 heterocycles. The number of piperidine rings is 1. The fraction of sp³-hybridized carbons (Fsp3) is 0.273. The normalized spacial score (nSPS) is 18.8. The van der Waals surface area contributed by atoms with Gasteiger partial charge in [0.15, 0.2) is 5.82 Å². The van der Waals surface area contributed by atoms with Crippen molar-refractivity contribution in [2.75, 3.05) is 33.4 Å². The van der Waals surface area contributed by atoms with E-state index in [0.29, 0.717) is 28.7 Å². The predicted molar refractivity (Wildman–Crippen MR) is 165 cm³/mol. The second-order valence-corrected chi connectivity index (χ2v) is 11.6. The molecule has 0 bridgehead atoms. The highest BCUT2D eigenvalue weighted by molar-refractivity contribution is 6.31. The third-order valence-electron chi connectivity index (χ3n) is 8.29. The first kappa shape index (κ1) is 27.5. The van der Waals surface area contributed by atoms with Gasteiger partial charge in [0, 0.05) is 54.2 Å². The number of likely N-dealkylation sites (N-methyl/N-ethyl adjacent to an activating group) is 1. The highest BCUT2D eigenvalue weighted by Crippen LogP contribution is 2.39. The van der Waals surface area contributed by atoms with Gasteiger partial charge in [0.1, 0.15) is 18.2 Å². The first-order valence-electron chi connectivity index (χ1n) is 14.4. The van der Waals surface area contributed by atoms with Crippen LogP contribution >= 0.6 is 11.6 Å². The van der Waals surface area contributed by atoms with Crippen LogP contribution in [0.3, 0.4) is 0 Å². The molecule has 10 heteroatoms. The summed E-state index contributed by atoms with van der Waals surface area (Å²) >= 11 is 6.25. The van der Waals surface area contributed by atoms with Crippen molar-refractivity contribution in [2.45, 2.75) is 25.0 Å². The summed E-state index contributed by atoms with van der Waals surface area (Å²) in [5, 5.41) is 10.0. The molecule has 3 aromatic carbocycles. The molecule has 1 amide bonds. The van der Waals surface area contributed by atoms with Crippen LogP contribution in [0.25, 0.3) is 33.8 Å². The standard InChI is InChI=1S/C33H31ClN6O3/c1-38-19-24(39-18-22-7-9-23(34)16-27(22)33(39)42)17-25(20-38)40-29-15-21(31-35-11-4-12-36-31)8-10-28(29)37-32(40)26-5-2-3-6-30(26)43-14-13-41/h2-12,15-16,24-25,41H,13-14,17-20H2,1H3/t24-,25+/m1/s1. The lowest BCUT2D eigenvalue weighted by Crippen LogP contribution is -2.50. The first-order chi connectivity index (χ1) is 21.0. The van der Waals surface area contributed by atoms with E-state index >= 15 is 0 Å². The molecular formula is C33H31ClN6O3. The molecule has 0 saturated carbocycles. The molecule has 2 aliphatic heterocycles. The number of rotatable bonds is 7. The van der Waals surface area contributed by atoms with Crippen molar-refractivity contribution >= 4 is 28.5 Å². The van der Waals surface area contributed by atoms with Gasteiger partial charge in [-0.25, -0.2) is 15.0 Å². The van der Waals surface area contributed by atoms with Gasteiger partial charge in [0.2, 0.25) is 0 Å². The van der Waals surface area contributed by atoms with Crippen LogP contribution in [0.15, 0.2) is 79.1 Å². The Labute approximate surface area is 254 Å². The zero-order chi connectivity index (χ0) is 29.5. The zero-order valence-corrected chi connectivity index (χ0v) is 24.5. The van der Waals surface area contributed by atoms with Crippen molar-refractivity contribution in [3.63, 3.8) is 0 Å². The van der Waals surface area contributed by atoms with Crippen molar-refractivity contribution in [2.24, 2.45) is 0 Å². The number of para-hydroxylation sites is 1. The van der Waals surface area contributed by atoms with E-state index in [1.165, 1.54) is 0 Å². The summed E-state index contributed by atoms with van der Waals surface area (Å²) in [7, 11) is 2.10. The number of benzene rings is 3. The molecule has 2 atom stereocenters. The molecule has 1 N–H and O–H groups in total. The Hall–Kier alpha value is -4.31. The SMILES string of the molecule is CN1C[C@H](N2Cc3ccc(Cl)cc3C2=O)C[C@H](n2c(-c3ccccc3OCCO)nc3ccc(-c4ncccn4)cc32)C1. The van der Waals surface area contributed by atoms with Crippen molar-refractivity contribution in [3.8, 4) is 28.5 Å². The molecule has 1 fully saturated rings. The van der Waals surface area contributed by atoms with Gasteiger partial charge < -0.3 is 24.2 Å². The molecule has 218 valence electrons. The van der Waals surface area contributed by atoms with E-state index in [1.807, 2.05) is 53.4 Å². The number of hydrogen-bond donors (Lipinski definition) is 1. The number of aliphatic hydroxyl groups excluding tert-OH is 1. The topological polar surface area (TPSA) is 96.6 Å². The van der Waals surface area contributed by atoms with E-state index < -0.39 is 0 Å². The molecule has 2 aliphatic rings. The Morgan fingerprint density at radius 1 is 0.977 bits per heavy atom. The number of carbonyl (C=O) groups is 1. The van der Waals surface area contributed by atoms with Gasteiger partial charge in [-0.15, -0.1) is 0 Å². The van der Waals surface area contributed by atoms with Crippen LogP contribution in [0.2, 0.25) is 5.02 Å². The van der Waals surface area contributed by atoms with Gasteiger partial charge in [0.05, 0.1) is 29.2 Å². The number of aliphatic hydroxyl groups is 1. The monoisotopic (exact) mass is 594 g/mol. The maximum atomic E-state index is 13.6. The van der Waals surface area contributed by atoms with Crippen LogP contribution in [-0.2, 0) is 6.54 Å². The van der Waals surface area contributed by atoms with Gasteiger partial charge in [0.25, 0.3) is 5.91 Å². The van der Waals surface area contributed by atoms with Gasteiger partial charge in [-0.1, -0.05) is 29.8 Å². The quantitative estimate of drug-likeness (QED) is 0.280. The molecule has 0 spiro atoms. The number of aromatic nitrogens is 4. The largest absolute Gasteiger partial charge is 0.490 e. The number of halogens is 1. The van der Waals surface area contributed by atoms with E-state index in [1.54, 1.807) is 24.5 Å². The van der Waals surface area contributed by atoms with Crippen molar-refractivity contribution in [1.82, 2.24) is 29.3 Å². The summed E-state index contributed by atoms with van der Waals surface area (Å²) < 4.78 is 8.25. The average molecular weight is 595 g/mol. The highest BCUT2D eigenvalue weighted by Gasteiger charge is 2.38. The molecule has 5 aromatic rings. The number of ether oxygens (including phenoxy) is 1. The maximum absolute atomic E-state index is 13.6. The minimum absolute atomic E-state index is 0.00156. The Morgan fingerprint density at radius 2 is 1.79 bits per heavy atom. The van der Waals surface area contributed by atoms with Gasteiger partial charge in [-0.3, -0.25) is 4.79 Å². The first-order valence-corrected chi connectivity index (χ1v) is 14.8. The van der Waals surface area contributed by atoms with Crippen LogP contribution in [0.5, 0.6) is 5.75 Å². The smallest absolute Gasteiger partial charge is 0.254 e. The van der Waals surface area contributed by atoms with Crippen LogP contribution in [-0.4, -0.2) is 79.7 Å². The van der Waals surface area contributed by atoms with Gasteiger partial charge in [-0.2, -0.15) is 0 Å². The molecule has 0 aliphatic carbocycles. The second kappa shape index (κ2) is 11.4. The van der Waals surface area contributed by atoms with Crippen molar-refractivity contribution in [3.05, 3.63) is 95.3 Å². The van der Waals surface area contributed by atoms with E-state index in [4.69, 9.17) is 21.3 Å². The van der Waals surface area contributed by atoms with Crippen LogP contribution in [0.1, 0.15) is 28.4 Å². The molecule has 2 aromatic heterocycles. The van der Waals surface area contributed by atoms with Crippen molar-refractivity contribution < 1.29 is 14.6 Å². The summed E-state index contributed by atoms with van der Waals surface area (Å²) in [6.07, 6.45) is 4.23. The lowest BCUT2D eigenvalue weighted by molar-refractivity contribution is 0.0532. The fourth-order valence-corrected chi connectivity index (χ4v) is 6.61. The summed E-state index contributed by atoms with van der Waals surface area (Å²) in [6, 6.07) is 21.3. The minimum Gasteiger partial charge on any atom is -0.490 e. The number of amides is 1. The van der Waals surface area contributed by atoms with Crippen LogP contribution in [0.4, 0.5) is 0 Å². The predicted octanol–water partition coefficient (Wildman–Crippen LogP) is 5.09. The highest BCUT2D eigenvalue weighted by atomic mass is 35.5. The average Bonchev–Trinajstić information content (AvgIpc) is 3.57. The number of fused-ring (bicyclic) bond motifs is 2. The Bertz CT molecular complexity index is 1810. The van der Waals surface area contributed by atoms with Crippen LogP contribution in [0, 0.1) is 0 Å². The zero-order valence-electron chi connectivity index (χ0n) is 23.7. The van der Waals surface area contributed by atoms with Gasteiger partial charge in [-0.05, 0) is 67.6 Å². The van der Waals surface area contributed by atoms with E-state index in [-0.39, 0.29) is 31.2 Å². The molecule has 0 unspecified atom stereocenters. The molecule has 7 rings (SSSR count). The fourth-order valence-electron chi connectivity index (χ4n) is 6.43. The Morgan fingerprint density at radius 3 is 2.63 bits per heavy atom. The molecule has 9 nitrogen and oxygen atoms in total. The Kier molecular flexibility index (Phi) is 7.30. The maximum Gasteiger partial charge on any atom is 0.254 e. The third-order valence-corrected chi connectivity index (χ3v) is 8.52. The summed E-state index contributed by atoms with van der Waals surface area (Å²) in [5.41, 5.74) is 5.24. The lowest BCUT2D eigenvalue weighted by Gasteiger charge is -2.41. The summed E-state index contributed by atoms with van der Waals surface area (Å²) in [5.74, 6) is 2.10. The summed E-state index contributed by atoms with van der Waals surface area (Å²) in [4.78, 5) is 31.9. The minimum atomic E-state index is -0.0856. The molecule has 43 heavy (non-hydrogen) atoms. The van der Waals surface area contributed by atoms with E-state index in [0.717, 1.165) is 53.1 Å². The molecule has 0 radical (unpaired) electrons. The number of hydrogen-bond acceptors (Lipinski definition) is 7. The number of carbonyl (C=O) groups excluding carboxylic acids is 1. The molecule has 1 saturated heterocycles. The van der Waals surface area contributed by atoms with Crippen LogP contribution < -0.4 is 4.74 Å². The number of likely N-dealkylation sites (tertiary alicyclic amines) is 1. The lowest BCUT2D eigenvalue weighted by atomic mass is 9.98. The van der Waals surface area contributed by atoms with E-state index in [9.17, 15) is 9.90 Å². The number of nitrogens with zero attached hydrogens (tertiary/aromatic N) is 6. The Balaban J connectivity index is 1.34. The van der Waals surface area contributed by atoms with Crippen molar-refractivity contribution in [1.29, 1.82) is 0 Å². The molecular weight excluding hydrogens is 564 g/mol. The summed E-state index contributed by atoms with van der Waals surface area (Å²) in [6.45, 7) is 2.22. The van der Waals surface area contributed by atoms with E-state index in [2.05, 4.69) is 32.5 Å². The third kappa shape index (κ3) is 5.14. The second-order valence-electron chi connectivity index (χ2n) is 11.1. The number of imidazole rings is 1. The van der Waals surface area contributed by atoms with Gasteiger partial charge >= 0.3 is 0 Å².